The average molecular weight is 185 g/mol. The van der Waals surface area contributed by atoms with Gasteiger partial charge in [0, 0.05) is 13.0 Å². The van der Waals surface area contributed by atoms with Crippen molar-refractivity contribution >= 4 is 11.9 Å². The fourth-order valence-corrected chi connectivity index (χ4v) is 0.978. The molecule has 0 aliphatic rings. The Morgan fingerprint density at radius 2 is 2.15 bits per heavy atom. The SMILES string of the molecule is C=CCC(=O)N(CCC)CC(=O)O. The summed E-state index contributed by atoms with van der Waals surface area (Å²) in [6.07, 6.45) is 2.44. The molecule has 0 bridgehead atoms. The molecule has 0 aromatic heterocycles. The lowest BCUT2D eigenvalue weighted by Crippen LogP contribution is -2.35. The Bertz CT molecular complexity index is 201. The molecule has 0 rings (SSSR count). The first-order valence-electron chi connectivity index (χ1n) is 4.22. The Balaban J connectivity index is 4.13. The number of amides is 1. The van der Waals surface area contributed by atoms with E-state index in [-0.39, 0.29) is 18.9 Å². The Morgan fingerprint density at radius 3 is 2.54 bits per heavy atom. The molecule has 4 heteroatoms. The predicted octanol–water partition coefficient (Wildman–Crippen LogP) is 0.886. The van der Waals surface area contributed by atoms with Crippen LogP contribution in [0.5, 0.6) is 0 Å². The molecule has 0 spiro atoms. The van der Waals surface area contributed by atoms with Gasteiger partial charge in [0.1, 0.15) is 6.54 Å². The molecular formula is C9H15NO3. The van der Waals surface area contributed by atoms with Gasteiger partial charge in [-0.05, 0) is 6.42 Å². The highest BCUT2D eigenvalue weighted by atomic mass is 16.4. The molecule has 0 saturated heterocycles. The maximum absolute atomic E-state index is 11.3. The van der Waals surface area contributed by atoms with Crippen LogP contribution in [0.25, 0.3) is 0 Å². The third kappa shape index (κ3) is 5.00. The van der Waals surface area contributed by atoms with Crippen molar-refractivity contribution in [3.63, 3.8) is 0 Å². The minimum atomic E-state index is -0.981. The third-order valence-corrected chi connectivity index (χ3v) is 1.49. The van der Waals surface area contributed by atoms with Crippen LogP contribution in [0.1, 0.15) is 19.8 Å². The van der Waals surface area contributed by atoms with Gasteiger partial charge in [-0.2, -0.15) is 0 Å². The van der Waals surface area contributed by atoms with E-state index in [2.05, 4.69) is 6.58 Å². The van der Waals surface area contributed by atoms with Gasteiger partial charge in [-0.25, -0.2) is 0 Å². The van der Waals surface area contributed by atoms with Gasteiger partial charge in [0.05, 0.1) is 0 Å². The number of nitrogens with zero attached hydrogens (tertiary/aromatic N) is 1. The minimum Gasteiger partial charge on any atom is -0.480 e. The first kappa shape index (κ1) is 11.7. The van der Waals surface area contributed by atoms with Gasteiger partial charge >= 0.3 is 5.97 Å². The first-order valence-corrected chi connectivity index (χ1v) is 4.22. The lowest BCUT2D eigenvalue weighted by molar-refractivity contribution is -0.144. The highest BCUT2D eigenvalue weighted by molar-refractivity contribution is 5.82. The molecule has 0 aromatic carbocycles. The lowest BCUT2D eigenvalue weighted by atomic mass is 10.3. The van der Waals surface area contributed by atoms with Gasteiger partial charge in [0.25, 0.3) is 0 Å². The van der Waals surface area contributed by atoms with Crippen LogP contribution in [0.3, 0.4) is 0 Å². The summed E-state index contributed by atoms with van der Waals surface area (Å²) < 4.78 is 0. The van der Waals surface area contributed by atoms with E-state index in [0.29, 0.717) is 6.54 Å². The van der Waals surface area contributed by atoms with Crippen LogP contribution in [0.15, 0.2) is 12.7 Å². The topological polar surface area (TPSA) is 57.6 Å². The number of carboxylic acid groups (broad SMARTS) is 1. The summed E-state index contributed by atoms with van der Waals surface area (Å²) in [6.45, 7) is 5.59. The van der Waals surface area contributed by atoms with Crippen molar-refractivity contribution < 1.29 is 14.7 Å². The van der Waals surface area contributed by atoms with Crippen LogP contribution in [-0.4, -0.2) is 35.0 Å². The molecule has 13 heavy (non-hydrogen) atoms. The summed E-state index contributed by atoms with van der Waals surface area (Å²) in [7, 11) is 0. The van der Waals surface area contributed by atoms with Gasteiger partial charge in [0.15, 0.2) is 0 Å². The molecule has 0 heterocycles. The zero-order chi connectivity index (χ0) is 10.3. The molecule has 0 saturated carbocycles. The van der Waals surface area contributed by atoms with Crippen molar-refractivity contribution in [2.75, 3.05) is 13.1 Å². The summed E-state index contributed by atoms with van der Waals surface area (Å²) >= 11 is 0. The van der Waals surface area contributed by atoms with Gasteiger partial charge < -0.3 is 10.0 Å². The zero-order valence-electron chi connectivity index (χ0n) is 7.82. The maximum Gasteiger partial charge on any atom is 0.323 e. The van der Waals surface area contributed by atoms with Gasteiger partial charge in [-0.3, -0.25) is 9.59 Å². The van der Waals surface area contributed by atoms with Crippen molar-refractivity contribution in [2.24, 2.45) is 0 Å². The van der Waals surface area contributed by atoms with Crippen LogP contribution in [0.4, 0.5) is 0 Å². The second-order valence-corrected chi connectivity index (χ2v) is 2.70. The Labute approximate surface area is 77.8 Å². The molecule has 0 aromatic rings. The second-order valence-electron chi connectivity index (χ2n) is 2.70. The first-order chi connectivity index (χ1) is 6.11. The van der Waals surface area contributed by atoms with Crippen LogP contribution in [-0.2, 0) is 9.59 Å². The summed E-state index contributed by atoms with van der Waals surface area (Å²) in [4.78, 5) is 23.0. The molecule has 1 N–H and O–H groups in total. The molecule has 0 radical (unpaired) electrons. The monoisotopic (exact) mass is 185 g/mol. The van der Waals surface area contributed by atoms with Crippen molar-refractivity contribution in [2.45, 2.75) is 19.8 Å². The highest BCUT2D eigenvalue weighted by Gasteiger charge is 2.13. The fourth-order valence-electron chi connectivity index (χ4n) is 0.978. The van der Waals surface area contributed by atoms with Gasteiger partial charge in [-0.15, -0.1) is 6.58 Å². The molecule has 4 nitrogen and oxygen atoms in total. The van der Waals surface area contributed by atoms with E-state index in [0.717, 1.165) is 6.42 Å². The van der Waals surface area contributed by atoms with Gasteiger partial charge in [-0.1, -0.05) is 13.0 Å². The summed E-state index contributed by atoms with van der Waals surface area (Å²) in [6, 6.07) is 0. The molecule has 0 fully saturated rings. The number of carbonyl (C=O) groups is 2. The molecule has 0 unspecified atom stereocenters. The molecule has 74 valence electrons. The molecule has 1 amide bonds. The van der Waals surface area contributed by atoms with E-state index >= 15 is 0 Å². The number of carboxylic acids is 1. The number of aliphatic carboxylic acids is 1. The van der Waals surface area contributed by atoms with Crippen LogP contribution in [0.2, 0.25) is 0 Å². The van der Waals surface area contributed by atoms with E-state index in [4.69, 9.17) is 5.11 Å². The maximum atomic E-state index is 11.3. The van der Waals surface area contributed by atoms with Crippen molar-refractivity contribution in [1.29, 1.82) is 0 Å². The summed E-state index contributed by atoms with van der Waals surface area (Å²) in [5.41, 5.74) is 0. The molecular weight excluding hydrogens is 170 g/mol. The van der Waals surface area contributed by atoms with Crippen LogP contribution in [0, 0.1) is 0 Å². The van der Waals surface area contributed by atoms with Crippen molar-refractivity contribution in [3.8, 4) is 0 Å². The van der Waals surface area contributed by atoms with E-state index in [1.165, 1.54) is 11.0 Å². The average Bonchev–Trinajstić information content (AvgIpc) is 2.03. The predicted molar refractivity (Wildman–Crippen MR) is 49.3 cm³/mol. The highest BCUT2D eigenvalue weighted by Crippen LogP contribution is 1.96. The number of hydrogen-bond acceptors (Lipinski definition) is 2. The lowest BCUT2D eigenvalue weighted by Gasteiger charge is -2.18. The standard InChI is InChI=1S/C9H15NO3/c1-3-5-8(11)10(6-4-2)7-9(12)13/h3H,1,4-7H2,2H3,(H,12,13). The minimum absolute atomic E-state index is 0.181. The summed E-state index contributed by atoms with van der Waals surface area (Å²) in [5, 5.41) is 8.51. The number of hydrogen-bond donors (Lipinski definition) is 1. The van der Waals surface area contributed by atoms with Gasteiger partial charge in [0.2, 0.25) is 5.91 Å². The van der Waals surface area contributed by atoms with E-state index in [1.807, 2.05) is 6.92 Å². The van der Waals surface area contributed by atoms with Crippen LogP contribution < -0.4 is 0 Å². The van der Waals surface area contributed by atoms with Crippen molar-refractivity contribution in [1.82, 2.24) is 4.90 Å². The molecule has 0 atom stereocenters. The normalized spacial score (nSPS) is 9.31. The number of rotatable bonds is 6. The van der Waals surface area contributed by atoms with Crippen LogP contribution >= 0.6 is 0 Å². The largest absolute Gasteiger partial charge is 0.480 e. The zero-order valence-corrected chi connectivity index (χ0v) is 7.82. The fraction of sp³-hybridized carbons (Fsp3) is 0.556. The van der Waals surface area contributed by atoms with E-state index in [1.54, 1.807) is 0 Å². The Morgan fingerprint density at radius 1 is 1.54 bits per heavy atom. The summed E-state index contributed by atoms with van der Waals surface area (Å²) in [5.74, 6) is -1.16. The second kappa shape index (κ2) is 6.22. The number of carbonyl (C=O) groups excluding carboxylic acids is 1. The van der Waals surface area contributed by atoms with Crippen molar-refractivity contribution in [3.05, 3.63) is 12.7 Å². The quantitative estimate of drug-likeness (QED) is 0.625. The van der Waals surface area contributed by atoms with E-state index in [9.17, 15) is 9.59 Å². The Hall–Kier alpha value is -1.32. The Kier molecular flexibility index (Phi) is 5.59. The third-order valence-electron chi connectivity index (χ3n) is 1.49. The smallest absolute Gasteiger partial charge is 0.323 e. The molecule has 0 aliphatic heterocycles. The molecule has 0 aliphatic carbocycles. The van der Waals surface area contributed by atoms with E-state index < -0.39 is 5.97 Å².